The van der Waals surface area contributed by atoms with Crippen LogP contribution in [0.3, 0.4) is 0 Å². The summed E-state index contributed by atoms with van der Waals surface area (Å²) < 4.78 is 1.47. The van der Waals surface area contributed by atoms with Crippen molar-refractivity contribution in [3.05, 3.63) is 11.9 Å². The maximum absolute atomic E-state index is 11.2. The van der Waals surface area contributed by atoms with E-state index in [0.29, 0.717) is 18.7 Å². The minimum Gasteiger partial charge on any atom is -0.350 e. The minimum absolute atomic E-state index is 0.247. The fourth-order valence-corrected chi connectivity index (χ4v) is 0.790. The maximum Gasteiger partial charge on any atom is 0.273 e. The first-order chi connectivity index (χ1) is 6.24. The van der Waals surface area contributed by atoms with Crippen LogP contribution in [0.1, 0.15) is 16.9 Å². The van der Waals surface area contributed by atoms with Crippen molar-refractivity contribution in [1.82, 2.24) is 20.3 Å². The lowest BCUT2D eigenvalue weighted by molar-refractivity contribution is 0.0949. The topological polar surface area (TPSA) is 59.8 Å². The van der Waals surface area contributed by atoms with Crippen molar-refractivity contribution in [2.45, 2.75) is 6.42 Å². The quantitative estimate of drug-likeness (QED) is 0.504. The van der Waals surface area contributed by atoms with Gasteiger partial charge in [0, 0.05) is 20.0 Å². The molecule has 0 unspecified atom stereocenters. The Hall–Kier alpha value is -1.83. The molecule has 0 atom stereocenters. The Balaban J connectivity index is 2.45. The molecule has 1 aromatic heterocycles. The molecule has 1 amide bonds. The highest BCUT2D eigenvalue weighted by Crippen LogP contribution is 1.90. The van der Waals surface area contributed by atoms with Crippen molar-refractivity contribution in [2.75, 3.05) is 6.54 Å². The zero-order chi connectivity index (χ0) is 9.68. The van der Waals surface area contributed by atoms with E-state index in [4.69, 9.17) is 6.42 Å². The Labute approximate surface area is 76.1 Å². The van der Waals surface area contributed by atoms with Gasteiger partial charge in [0.25, 0.3) is 5.91 Å². The van der Waals surface area contributed by atoms with E-state index in [1.165, 1.54) is 4.68 Å². The number of amides is 1. The summed E-state index contributed by atoms with van der Waals surface area (Å²) in [6.45, 7) is 0.464. The average molecular weight is 178 g/mol. The predicted octanol–water partition coefficient (Wildman–Crippen LogP) is -0.432. The third kappa shape index (κ3) is 2.60. The Morgan fingerprint density at radius 1 is 1.85 bits per heavy atom. The van der Waals surface area contributed by atoms with Crippen molar-refractivity contribution in [3.8, 4) is 12.3 Å². The van der Waals surface area contributed by atoms with Crippen LogP contribution in [0.5, 0.6) is 0 Å². The average Bonchev–Trinajstić information content (AvgIpc) is 2.52. The highest BCUT2D eigenvalue weighted by atomic mass is 16.1. The van der Waals surface area contributed by atoms with Crippen molar-refractivity contribution >= 4 is 5.91 Å². The van der Waals surface area contributed by atoms with Crippen LogP contribution in [0, 0.1) is 12.3 Å². The standard InChI is InChI=1S/C8H10N4O/c1-3-4-5-9-8(13)7-6-12(2)11-10-7/h1,6H,4-5H2,2H3,(H,9,13). The molecule has 0 saturated carbocycles. The molecule has 1 heterocycles. The molecule has 13 heavy (non-hydrogen) atoms. The van der Waals surface area contributed by atoms with Crippen molar-refractivity contribution in [3.63, 3.8) is 0 Å². The third-order valence-corrected chi connectivity index (χ3v) is 1.39. The highest BCUT2D eigenvalue weighted by Gasteiger charge is 2.07. The van der Waals surface area contributed by atoms with Gasteiger partial charge in [0.2, 0.25) is 0 Å². The number of carbonyl (C=O) groups is 1. The van der Waals surface area contributed by atoms with Crippen LogP contribution in [0.2, 0.25) is 0 Å². The van der Waals surface area contributed by atoms with Crippen LogP contribution in [0.25, 0.3) is 0 Å². The zero-order valence-electron chi connectivity index (χ0n) is 7.32. The summed E-state index contributed by atoms with van der Waals surface area (Å²) in [5.41, 5.74) is 0.305. The van der Waals surface area contributed by atoms with E-state index in [1.807, 2.05) is 0 Å². The molecule has 0 aliphatic carbocycles. The lowest BCUT2D eigenvalue weighted by atomic mass is 10.4. The number of aromatic nitrogens is 3. The molecular formula is C8H10N4O. The molecule has 0 aromatic carbocycles. The summed E-state index contributed by atoms with van der Waals surface area (Å²) >= 11 is 0. The largest absolute Gasteiger partial charge is 0.350 e. The Kier molecular flexibility index (Phi) is 3.03. The number of terminal acetylenes is 1. The van der Waals surface area contributed by atoms with Crippen LogP contribution in [0.4, 0.5) is 0 Å². The van der Waals surface area contributed by atoms with Gasteiger partial charge in [0.05, 0.1) is 6.20 Å². The molecule has 0 aliphatic heterocycles. The number of nitrogens with one attached hydrogen (secondary N) is 1. The van der Waals surface area contributed by atoms with Gasteiger partial charge in [0.1, 0.15) is 0 Å². The zero-order valence-corrected chi connectivity index (χ0v) is 7.32. The fourth-order valence-electron chi connectivity index (χ4n) is 0.790. The van der Waals surface area contributed by atoms with Gasteiger partial charge in [-0.05, 0) is 0 Å². The van der Waals surface area contributed by atoms with E-state index >= 15 is 0 Å². The Morgan fingerprint density at radius 3 is 3.15 bits per heavy atom. The van der Waals surface area contributed by atoms with Gasteiger partial charge in [-0.2, -0.15) is 0 Å². The van der Waals surface area contributed by atoms with E-state index in [0.717, 1.165) is 0 Å². The van der Waals surface area contributed by atoms with Gasteiger partial charge < -0.3 is 5.32 Å². The molecule has 1 N–H and O–H groups in total. The van der Waals surface area contributed by atoms with E-state index in [9.17, 15) is 4.79 Å². The van der Waals surface area contributed by atoms with Crippen LogP contribution in [0.15, 0.2) is 6.20 Å². The number of hydrogen-bond acceptors (Lipinski definition) is 3. The fraction of sp³-hybridized carbons (Fsp3) is 0.375. The molecular weight excluding hydrogens is 168 g/mol. The summed E-state index contributed by atoms with van der Waals surface area (Å²) in [6.07, 6.45) is 7.09. The monoisotopic (exact) mass is 178 g/mol. The van der Waals surface area contributed by atoms with Gasteiger partial charge in [-0.3, -0.25) is 9.48 Å². The second-order valence-electron chi connectivity index (χ2n) is 2.49. The first-order valence-electron chi connectivity index (χ1n) is 3.82. The number of hydrogen-bond donors (Lipinski definition) is 1. The van der Waals surface area contributed by atoms with Gasteiger partial charge in [-0.15, -0.1) is 17.4 Å². The first-order valence-corrected chi connectivity index (χ1v) is 3.82. The summed E-state index contributed by atoms with van der Waals surface area (Å²) in [5, 5.41) is 9.89. The molecule has 1 aromatic rings. The Bertz CT molecular complexity index is 336. The van der Waals surface area contributed by atoms with Gasteiger partial charge in [-0.25, -0.2) is 0 Å². The second-order valence-corrected chi connectivity index (χ2v) is 2.49. The van der Waals surface area contributed by atoms with Crippen molar-refractivity contribution in [2.24, 2.45) is 7.05 Å². The lowest BCUT2D eigenvalue weighted by Gasteiger charge is -1.97. The van der Waals surface area contributed by atoms with E-state index in [2.05, 4.69) is 21.5 Å². The summed E-state index contributed by atoms with van der Waals surface area (Å²) in [5.74, 6) is 2.18. The Morgan fingerprint density at radius 2 is 2.62 bits per heavy atom. The normalized spacial score (nSPS) is 9.23. The SMILES string of the molecule is C#CCCNC(=O)c1cn(C)nn1. The molecule has 5 heteroatoms. The molecule has 5 nitrogen and oxygen atoms in total. The predicted molar refractivity (Wildman–Crippen MR) is 46.8 cm³/mol. The summed E-state index contributed by atoms with van der Waals surface area (Å²) in [4.78, 5) is 11.2. The molecule has 1 rings (SSSR count). The number of aryl methyl sites for hydroxylation is 1. The van der Waals surface area contributed by atoms with Crippen LogP contribution in [-0.4, -0.2) is 27.4 Å². The van der Waals surface area contributed by atoms with Crippen LogP contribution in [-0.2, 0) is 7.05 Å². The van der Waals surface area contributed by atoms with Crippen LogP contribution < -0.4 is 5.32 Å². The van der Waals surface area contributed by atoms with Crippen LogP contribution >= 0.6 is 0 Å². The smallest absolute Gasteiger partial charge is 0.273 e. The van der Waals surface area contributed by atoms with E-state index in [-0.39, 0.29) is 5.91 Å². The van der Waals surface area contributed by atoms with Crippen molar-refractivity contribution < 1.29 is 4.79 Å². The van der Waals surface area contributed by atoms with E-state index in [1.54, 1.807) is 13.2 Å². The van der Waals surface area contributed by atoms with E-state index < -0.39 is 0 Å². The molecule has 0 spiro atoms. The third-order valence-electron chi connectivity index (χ3n) is 1.39. The highest BCUT2D eigenvalue weighted by molar-refractivity contribution is 5.91. The number of nitrogens with zero attached hydrogens (tertiary/aromatic N) is 3. The maximum atomic E-state index is 11.2. The number of carbonyl (C=O) groups excluding carboxylic acids is 1. The molecule has 0 aliphatic rings. The van der Waals surface area contributed by atoms with Gasteiger partial charge in [0.15, 0.2) is 5.69 Å². The van der Waals surface area contributed by atoms with Crippen molar-refractivity contribution in [1.29, 1.82) is 0 Å². The molecule has 0 radical (unpaired) electrons. The van der Waals surface area contributed by atoms with Gasteiger partial charge in [-0.1, -0.05) is 5.21 Å². The summed E-state index contributed by atoms with van der Waals surface area (Å²) in [7, 11) is 1.70. The number of rotatable bonds is 3. The molecule has 0 bridgehead atoms. The minimum atomic E-state index is -0.247. The molecule has 68 valence electrons. The first kappa shape index (κ1) is 9.26. The lowest BCUT2D eigenvalue weighted by Crippen LogP contribution is -2.24. The molecule has 0 fully saturated rings. The second kappa shape index (κ2) is 4.26. The summed E-state index contributed by atoms with van der Waals surface area (Å²) in [6, 6.07) is 0. The molecule has 0 saturated heterocycles. The van der Waals surface area contributed by atoms with Gasteiger partial charge >= 0.3 is 0 Å².